The van der Waals surface area contributed by atoms with Gasteiger partial charge in [0, 0.05) is 33.3 Å². The van der Waals surface area contributed by atoms with E-state index in [-0.39, 0.29) is 31.3 Å². The molecule has 0 radical (unpaired) electrons. The average Bonchev–Trinajstić information content (AvgIpc) is 3.03. The van der Waals surface area contributed by atoms with Gasteiger partial charge in [-0.2, -0.15) is 0 Å². The van der Waals surface area contributed by atoms with Crippen molar-refractivity contribution in [2.24, 2.45) is 5.92 Å². The molecule has 1 aliphatic heterocycles. The molecular formula is C15H21N3O6. The first kappa shape index (κ1) is 17.9. The van der Waals surface area contributed by atoms with Crippen LogP contribution in [-0.4, -0.2) is 71.6 Å². The van der Waals surface area contributed by atoms with E-state index in [9.17, 15) is 14.4 Å². The van der Waals surface area contributed by atoms with Gasteiger partial charge in [-0.1, -0.05) is 5.16 Å². The number of carboxylic acids is 1. The van der Waals surface area contributed by atoms with Crippen molar-refractivity contribution >= 4 is 17.8 Å². The molecule has 1 aromatic heterocycles. The maximum absolute atomic E-state index is 12.3. The van der Waals surface area contributed by atoms with Gasteiger partial charge in [-0.05, 0) is 12.8 Å². The molecule has 132 valence electrons. The number of ether oxygens (including phenoxy) is 1. The molecular weight excluding hydrogens is 318 g/mol. The van der Waals surface area contributed by atoms with Gasteiger partial charge < -0.3 is 24.2 Å². The first-order valence-corrected chi connectivity index (χ1v) is 7.63. The zero-order valence-corrected chi connectivity index (χ0v) is 13.7. The van der Waals surface area contributed by atoms with E-state index in [4.69, 9.17) is 14.4 Å². The van der Waals surface area contributed by atoms with Gasteiger partial charge in [0.2, 0.25) is 5.91 Å². The zero-order chi connectivity index (χ0) is 17.7. The van der Waals surface area contributed by atoms with Gasteiger partial charge >= 0.3 is 5.97 Å². The highest BCUT2D eigenvalue weighted by atomic mass is 16.5. The second kappa shape index (κ2) is 7.91. The van der Waals surface area contributed by atoms with E-state index >= 15 is 0 Å². The first-order chi connectivity index (χ1) is 11.4. The summed E-state index contributed by atoms with van der Waals surface area (Å²) in [6.07, 6.45) is 1.21. The van der Waals surface area contributed by atoms with E-state index < -0.39 is 17.8 Å². The molecule has 0 saturated carbocycles. The highest BCUT2D eigenvalue weighted by Gasteiger charge is 2.29. The van der Waals surface area contributed by atoms with Crippen LogP contribution in [0.25, 0.3) is 0 Å². The number of likely N-dealkylation sites (tertiary alicyclic amines) is 1. The summed E-state index contributed by atoms with van der Waals surface area (Å²) in [4.78, 5) is 38.3. The summed E-state index contributed by atoms with van der Waals surface area (Å²) in [7, 11) is 2.99. The minimum Gasteiger partial charge on any atom is -0.481 e. The summed E-state index contributed by atoms with van der Waals surface area (Å²) in [6.45, 7) is 0.746. The van der Waals surface area contributed by atoms with Gasteiger partial charge in [0.05, 0.1) is 12.5 Å². The first-order valence-electron chi connectivity index (χ1n) is 7.63. The van der Waals surface area contributed by atoms with E-state index in [2.05, 4.69) is 5.16 Å². The Kier molecular flexibility index (Phi) is 5.91. The topological polar surface area (TPSA) is 113 Å². The molecule has 9 nitrogen and oxygen atoms in total. The number of aromatic nitrogens is 1. The van der Waals surface area contributed by atoms with E-state index in [1.165, 1.54) is 30.0 Å². The summed E-state index contributed by atoms with van der Waals surface area (Å²) in [5, 5.41) is 12.7. The summed E-state index contributed by atoms with van der Waals surface area (Å²) < 4.78 is 9.84. The fourth-order valence-electron chi connectivity index (χ4n) is 2.60. The summed E-state index contributed by atoms with van der Waals surface area (Å²) in [5.74, 6) is -1.75. The number of amides is 2. The van der Waals surface area contributed by atoms with Crippen LogP contribution in [0.5, 0.6) is 0 Å². The number of carbonyl (C=O) groups excluding carboxylic acids is 2. The summed E-state index contributed by atoms with van der Waals surface area (Å²) in [5.41, 5.74) is 0.0967. The Morgan fingerprint density at radius 3 is 2.92 bits per heavy atom. The van der Waals surface area contributed by atoms with E-state index in [1.54, 1.807) is 0 Å². The van der Waals surface area contributed by atoms with Crippen LogP contribution in [0.4, 0.5) is 0 Å². The summed E-state index contributed by atoms with van der Waals surface area (Å²) in [6, 6.07) is 1.47. The third-order valence-corrected chi connectivity index (χ3v) is 3.91. The van der Waals surface area contributed by atoms with Crippen molar-refractivity contribution in [3.8, 4) is 0 Å². The number of hydrogen-bond donors (Lipinski definition) is 1. The van der Waals surface area contributed by atoms with Gasteiger partial charge in [-0.15, -0.1) is 0 Å². The second-order valence-corrected chi connectivity index (χ2v) is 5.79. The van der Waals surface area contributed by atoms with Crippen LogP contribution in [-0.2, 0) is 20.9 Å². The highest BCUT2D eigenvalue weighted by molar-refractivity contribution is 5.94. The fourth-order valence-corrected chi connectivity index (χ4v) is 2.60. The SMILES string of the molecule is COCc1cc(C(=O)N(C)CC(=O)N2CCCC(C(=O)O)C2)no1. The lowest BCUT2D eigenvalue weighted by atomic mass is 9.98. The third kappa shape index (κ3) is 4.31. The molecule has 0 bridgehead atoms. The van der Waals surface area contributed by atoms with Crippen molar-refractivity contribution in [1.29, 1.82) is 0 Å². The molecule has 1 atom stereocenters. The molecule has 9 heteroatoms. The monoisotopic (exact) mass is 339 g/mol. The minimum absolute atomic E-state index is 0.0967. The number of likely N-dealkylation sites (N-methyl/N-ethyl adjacent to an activating group) is 1. The maximum atomic E-state index is 12.3. The van der Waals surface area contributed by atoms with Crippen LogP contribution in [0.2, 0.25) is 0 Å². The van der Waals surface area contributed by atoms with Crippen molar-refractivity contribution in [1.82, 2.24) is 15.0 Å². The standard InChI is InChI=1S/C15H21N3O6/c1-17(14(20)12-6-11(9-23-2)24-16-12)8-13(19)18-5-3-4-10(7-18)15(21)22/h6,10H,3-5,7-9H2,1-2H3,(H,21,22). The van der Waals surface area contributed by atoms with Gasteiger partial charge in [0.25, 0.3) is 5.91 Å². The predicted molar refractivity (Wildman–Crippen MR) is 81.1 cm³/mol. The number of aliphatic carboxylic acids is 1. The Morgan fingerprint density at radius 2 is 2.25 bits per heavy atom. The number of nitrogens with zero attached hydrogens (tertiary/aromatic N) is 3. The Morgan fingerprint density at radius 1 is 1.50 bits per heavy atom. The van der Waals surface area contributed by atoms with Crippen LogP contribution in [0, 0.1) is 5.92 Å². The molecule has 2 rings (SSSR count). The molecule has 24 heavy (non-hydrogen) atoms. The van der Waals surface area contributed by atoms with Crippen LogP contribution in [0.15, 0.2) is 10.6 Å². The molecule has 1 aliphatic rings. The Hall–Kier alpha value is -2.42. The van der Waals surface area contributed by atoms with Gasteiger partial charge in [-0.3, -0.25) is 14.4 Å². The number of piperidine rings is 1. The molecule has 2 amide bonds. The Labute approximate surface area is 139 Å². The number of rotatable bonds is 6. The third-order valence-electron chi connectivity index (χ3n) is 3.91. The van der Waals surface area contributed by atoms with Gasteiger partial charge in [0.1, 0.15) is 6.61 Å². The molecule has 1 aromatic rings. The van der Waals surface area contributed by atoms with Crippen molar-refractivity contribution in [3.63, 3.8) is 0 Å². The lowest BCUT2D eigenvalue weighted by Gasteiger charge is -2.31. The number of methoxy groups -OCH3 is 1. The molecule has 1 unspecified atom stereocenters. The largest absolute Gasteiger partial charge is 0.481 e. The predicted octanol–water partition coefficient (Wildman–Crippen LogP) is 0.216. The Balaban J connectivity index is 1.92. The van der Waals surface area contributed by atoms with E-state index in [0.29, 0.717) is 25.1 Å². The molecule has 0 aliphatic carbocycles. The number of hydrogen-bond acceptors (Lipinski definition) is 6. The molecule has 0 aromatic carbocycles. The molecule has 1 fully saturated rings. The number of carbonyl (C=O) groups is 3. The minimum atomic E-state index is -0.898. The second-order valence-electron chi connectivity index (χ2n) is 5.79. The lowest BCUT2D eigenvalue weighted by molar-refractivity contribution is -0.145. The highest BCUT2D eigenvalue weighted by Crippen LogP contribution is 2.17. The van der Waals surface area contributed by atoms with Crippen molar-refractivity contribution < 1.29 is 28.8 Å². The summed E-state index contributed by atoms with van der Waals surface area (Å²) >= 11 is 0. The van der Waals surface area contributed by atoms with Crippen LogP contribution in [0.1, 0.15) is 29.1 Å². The van der Waals surface area contributed by atoms with Gasteiger partial charge in [-0.25, -0.2) is 0 Å². The van der Waals surface area contributed by atoms with Crippen molar-refractivity contribution in [2.75, 3.05) is 33.8 Å². The average molecular weight is 339 g/mol. The maximum Gasteiger partial charge on any atom is 0.308 e. The van der Waals surface area contributed by atoms with E-state index in [1.807, 2.05) is 0 Å². The smallest absolute Gasteiger partial charge is 0.308 e. The normalized spacial score (nSPS) is 17.6. The zero-order valence-electron chi connectivity index (χ0n) is 13.7. The lowest BCUT2D eigenvalue weighted by Crippen LogP contribution is -2.46. The van der Waals surface area contributed by atoms with Crippen molar-refractivity contribution in [3.05, 3.63) is 17.5 Å². The van der Waals surface area contributed by atoms with Crippen LogP contribution >= 0.6 is 0 Å². The Bertz CT molecular complexity index is 614. The van der Waals surface area contributed by atoms with Crippen LogP contribution < -0.4 is 0 Å². The van der Waals surface area contributed by atoms with Crippen molar-refractivity contribution in [2.45, 2.75) is 19.4 Å². The fraction of sp³-hybridized carbons (Fsp3) is 0.600. The quantitative estimate of drug-likeness (QED) is 0.788. The molecule has 2 heterocycles. The van der Waals surface area contributed by atoms with Gasteiger partial charge in [0.15, 0.2) is 11.5 Å². The molecule has 0 spiro atoms. The molecule has 1 saturated heterocycles. The van der Waals surface area contributed by atoms with Crippen LogP contribution in [0.3, 0.4) is 0 Å². The molecule has 1 N–H and O–H groups in total. The van der Waals surface area contributed by atoms with E-state index in [0.717, 1.165) is 0 Å². The number of carboxylic acid groups (broad SMARTS) is 1.